The topological polar surface area (TPSA) is 9.23 Å². The normalized spacial score (nSPS) is 8.50. The molecule has 0 aromatic heterocycles. The molecule has 0 aromatic carbocycles. The molecule has 0 atom stereocenters. The van der Waals surface area contributed by atoms with Gasteiger partial charge >= 0.3 is 0 Å². The molecule has 0 rings (SSSR count). The van der Waals surface area contributed by atoms with Crippen LogP contribution in [0, 0.1) is 0 Å². The molecule has 0 saturated carbocycles. The van der Waals surface area contributed by atoms with Crippen molar-refractivity contribution in [2.45, 2.75) is 27.7 Å². The zero-order valence-electron chi connectivity index (χ0n) is 10.3. The molecule has 0 bridgehead atoms. The van der Waals surface area contributed by atoms with E-state index in [0.717, 1.165) is 11.3 Å². The number of allylic oxidation sites excluding steroid dienone is 3. The van der Waals surface area contributed by atoms with E-state index in [1.54, 1.807) is 7.11 Å². The van der Waals surface area contributed by atoms with Crippen molar-refractivity contribution in [3.8, 4) is 0 Å². The Kier molecular flexibility index (Phi) is 18.9. The van der Waals surface area contributed by atoms with Crippen LogP contribution >= 0.6 is 0 Å². The average molecular weight is 196 g/mol. The van der Waals surface area contributed by atoms with Gasteiger partial charge in [0.2, 0.25) is 0 Å². The minimum Gasteiger partial charge on any atom is -0.497 e. The smallest absolute Gasteiger partial charge is 0.116 e. The van der Waals surface area contributed by atoms with Gasteiger partial charge in [-0.25, -0.2) is 0 Å². The van der Waals surface area contributed by atoms with Crippen LogP contribution in [0.4, 0.5) is 0 Å². The Bertz CT molecular complexity index is 183. The average Bonchev–Trinajstić information content (AvgIpc) is 2.08. The summed E-state index contributed by atoms with van der Waals surface area (Å²) in [5.74, 6) is 0.866. The third-order valence-electron chi connectivity index (χ3n) is 0.903. The van der Waals surface area contributed by atoms with Crippen LogP contribution in [-0.4, -0.2) is 7.11 Å². The Balaban J connectivity index is -0.000000170. The van der Waals surface area contributed by atoms with Crippen LogP contribution < -0.4 is 0 Å². The van der Waals surface area contributed by atoms with Crippen molar-refractivity contribution < 1.29 is 4.74 Å². The molecule has 0 aromatic rings. The SMILES string of the molecule is C=C.C=C(C)/C(=C\C)OC.C=C(C)C. The minimum absolute atomic E-state index is 0.866. The van der Waals surface area contributed by atoms with E-state index in [9.17, 15) is 0 Å². The molecule has 0 N–H and O–H groups in total. The standard InChI is InChI=1S/C7H12O.C4H8.C2H4/c1-5-7(8-4)6(2)3;1-4(2)3;1-2/h5H,2H2,1,3-4H3;1H2,2-3H3;1-2H2/b7-5+;;. The van der Waals surface area contributed by atoms with Gasteiger partial charge in [-0.15, -0.1) is 19.7 Å². The third kappa shape index (κ3) is 22.4. The number of ether oxygens (including phenoxy) is 1. The molecule has 0 radical (unpaired) electrons. The lowest BCUT2D eigenvalue weighted by atomic mass is 10.3. The summed E-state index contributed by atoms with van der Waals surface area (Å²) in [5.41, 5.74) is 2.13. The lowest BCUT2D eigenvalue weighted by Gasteiger charge is -2.01. The molecule has 1 heteroatoms. The lowest BCUT2D eigenvalue weighted by molar-refractivity contribution is 0.300. The highest BCUT2D eigenvalue weighted by atomic mass is 16.5. The van der Waals surface area contributed by atoms with E-state index >= 15 is 0 Å². The van der Waals surface area contributed by atoms with Crippen molar-refractivity contribution in [3.63, 3.8) is 0 Å². The Labute approximate surface area is 89.5 Å². The highest BCUT2D eigenvalue weighted by Gasteiger charge is 1.90. The molecule has 0 heterocycles. The van der Waals surface area contributed by atoms with Gasteiger partial charge in [0.1, 0.15) is 5.76 Å². The van der Waals surface area contributed by atoms with E-state index in [1.165, 1.54) is 5.57 Å². The van der Waals surface area contributed by atoms with Gasteiger partial charge in [0.15, 0.2) is 0 Å². The molecular formula is C13H24O. The molecule has 0 aliphatic rings. The van der Waals surface area contributed by atoms with Gasteiger partial charge in [-0.1, -0.05) is 12.2 Å². The monoisotopic (exact) mass is 196 g/mol. The molecule has 0 spiro atoms. The summed E-state index contributed by atoms with van der Waals surface area (Å²) in [4.78, 5) is 0. The zero-order valence-corrected chi connectivity index (χ0v) is 10.3. The summed E-state index contributed by atoms with van der Waals surface area (Å²) < 4.78 is 4.92. The van der Waals surface area contributed by atoms with Crippen molar-refractivity contribution in [3.05, 3.63) is 49.3 Å². The van der Waals surface area contributed by atoms with Gasteiger partial charge in [0, 0.05) is 0 Å². The molecule has 0 aliphatic carbocycles. The molecule has 1 nitrogen and oxygen atoms in total. The predicted octanol–water partition coefficient (Wildman–Crippen LogP) is 4.50. The Morgan fingerprint density at radius 1 is 1.07 bits per heavy atom. The van der Waals surface area contributed by atoms with Gasteiger partial charge in [-0.05, 0) is 39.3 Å². The summed E-state index contributed by atoms with van der Waals surface area (Å²) in [6.07, 6.45) is 1.89. The first-order valence-electron chi connectivity index (χ1n) is 4.44. The van der Waals surface area contributed by atoms with E-state index in [1.807, 2.05) is 33.8 Å². The van der Waals surface area contributed by atoms with Gasteiger partial charge < -0.3 is 4.74 Å². The Hall–Kier alpha value is -1.24. The second-order valence-electron chi connectivity index (χ2n) is 2.84. The maximum absolute atomic E-state index is 4.92. The third-order valence-corrected chi connectivity index (χ3v) is 0.903. The fraction of sp³-hybridized carbons (Fsp3) is 0.385. The number of methoxy groups -OCH3 is 1. The first kappa shape index (κ1) is 18.5. The Morgan fingerprint density at radius 3 is 1.36 bits per heavy atom. The summed E-state index contributed by atoms with van der Waals surface area (Å²) in [6, 6.07) is 0. The molecule has 0 aliphatic heterocycles. The summed E-state index contributed by atoms with van der Waals surface area (Å²) in [6.45, 7) is 21.0. The molecule has 14 heavy (non-hydrogen) atoms. The van der Waals surface area contributed by atoms with Gasteiger partial charge in [0.25, 0.3) is 0 Å². The predicted molar refractivity (Wildman–Crippen MR) is 67.3 cm³/mol. The van der Waals surface area contributed by atoms with Crippen molar-refractivity contribution >= 4 is 0 Å². The highest BCUT2D eigenvalue weighted by molar-refractivity contribution is 5.18. The second-order valence-corrected chi connectivity index (χ2v) is 2.84. The fourth-order valence-corrected chi connectivity index (χ4v) is 0.538. The van der Waals surface area contributed by atoms with E-state index < -0.39 is 0 Å². The van der Waals surface area contributed by atoms with Crippen molar-refractivity contribution in [1.82, 2.24) is 0 Å². The Morgan fingerprint density at radius 2 is 1.36 bits per heavy atom. The van der Waals surface area contributed by atoms with Crippen LogP contribution in [0.3, 0.4) is 0 Å². The van der Waals surface area contributed by atoms with Crippen LogP contribution in [0.5, 0.6) is 0 Å². The molecule has 0 unspecified atom stereocenters. The maximum Gasteiger partial charge on any atom is 0.116 e. The van der Waals surface area contributed by atoms with E-state index in [0.29, 0.717) is 0 Å². The van der Waals surface area contributed by atoms with Gasteiger partial charge in [0.05, 0.1) is 7.11 Å². The first-order chi connectivity index (χ1) is 6.45. The summed E-state index contributed by atoms with van der Waals surface area (Å²) in [5, 5.41) is 0. The zero-order chi connectivity index (χ0) is 12.1. The fourth-order valence-electron chi connectivity index (χ4n) is 0.538. The van der Waals surface area contributed by atoms with Crippen molar-refractivity contribution in [2.24, 2.45) is 0 Å². The number of hydrogen-bond donors (Lipinski definition) is 0. The lowest BCUT2D eigenvalue weighted by Crippen LogP contribution is -1.84. The quantitative estimate of drug-likeness (QED) is 0.359. The van der Waals surface area contributed by atoms with E-state index in [4.69, 9.17) is 4.74 Å². The van der Waals surface area contributed by atoms with E-state index in [-0.39, 0.29) is 0 Å². The summed E-state index contributed by atoms with van der Waals surface area (Å²) in [7, 11) is 1.64. The second kappa shape index (κ2) is 14.3. The molecule has 0 amide bonds. The highest BCUT2D eigenvalue weighted by Crippen LogP contribution is 2.04. The van der Waals surface area contributed by atoms with Crippen molar-refractivity contribution in [1.29, 1.82) is 0 Å². The molecule has 82 valence electrons. The van der Waals surface area contributed by atoms with E-state index in [2.05, 4.69) is 26.3 Å². The number of rotatable bonds is 2. The number of hydrogen-bond acceptors (Lipinski definition) is 1. The van der Waals surface area contributed by atoms with Crippen LogP contribution in [0.2, 0.25) is 0 Å². The maximum atomic E-state index is 4.92. The minimum atomic E-state index is 0.866. The first-order valence-corrected chi connectivity index (χ1v) is 4.44. The van der Waals surface area contributed by atoms with Crippen molar-refractivity contribution in [2.75, 3.05) is 7.11 Å². The molecule has 0 fully saturated rings. The van der Waals surface area contributed by atoms with Crippen LogP contribution in [0.15, 0.2) is 49.3 Å². The van der Waals surface area contributed by atoms with Crippen LogP contribution in [0.1, 0.15) is 27.7 Å². The largest absolute Gasteiger partial charge is 0.497 e. The van der Waals surface area contributed by atoms with Crippen LogP contribution in [0.25, 0.3) is 0 Å². The van der Waals surface area contributed by atoms with Gasteiger partial charge in [-0.2, -0.15) is 0 Å². The summed E-state index contributed by atoms with van der Waals surface area (Å²) >= 11 is 0. The van der Waals surface area contributed by atoms with Gasteiger partial charge in [-0.3, -0.25) is 0 Å². The van der Waals surface area contributed by atoms with Crippen LogP contribution in [-0.2, 0) is 4.74 Å². The molecular weight excluding hydrogens is 172 g/mol. The molecule has 0 saturated heterocycles.